The molecule has 1 aromatic rings. The second-order valence-corrected chi connectivity index (χ2v) is 4.07. The first-order valence-corrected chi connectivity index (χ1v) is 5.01. The Kier molecular flexibility index (Phi) is 3.66. The number of carbonyl (C=O) groups excluding carboxylic acids is 1. The third kappa shape index (κ3) is 2.40. The van der Waals surface area contributed by atoms with Crippen LogP contribution in [0.2, 0.25) is 5.02 Å². The Bertz CT molecular complexity index is 497. The summed E-state index contributed by atoms with van der Waals surface area (Å²) in [6.45, 7) is 0. The van der Waals surface area contributed by atoms with Crippen LogP contribution >= 0.6 is 27.5 Å². The summed E-state index contributed by atoms with van der Waals surface area (Å²) in [6.07, 6.45) is 0. The van der Waals surface area contributed by atoms with E-state index in [-0.39, 0.29) is 5.02 Å². The number of rotatable bonds is 3. The molecule has 7 heteroatoms. The van der Waals surface area contributed by atoms with Gasteiger partial charge in [0.2, 0.25) is 0 Å². The minimum atomic E-state index is -1.74. The van der Waals surface area contributed by atoms with Crippen molar-refractivity contribution in [2.75, 3.05) is 0 Å². The Hall–Kier alpha value is -1.40. The van der Waals surface area contributed by atoms with E-state index in [1.807, 2.05) is 0 Å². The first-order valence-electron chi connectivity index (χ1n) is 3.84. The maximum absolute atomic E-state index is 11.2. The Morgan fingerprint density at radius 3 is 2.19 bits per heavy atom. The molecule has 0 fully saturated rings. The second-order valence-electron chi connectivity index (χ2n) is 2.75. The van der Waals surface area contributed by atoms with Crippen LogP contribution < -0.4 is 0 Å². The third-order valence-electron chi connectivity index (χ3n) is 1.71. The molecule has 2 N–H and O–H groups in total. The summed E-state index contributed by atoms with van der Waals surface area (Å²) in [5, 5.41) is 17.1. The highest BCUT2D eigenvalue weighted by molar-refractivity contribution is 9.10. The van der Waals surface area contributed by atoms with Crippen molar-refractivity contribution >= 4 is 45.3 Å². The number of ketones is 1. The maximum Gasteiger partial charge on any atom is 0.377 e. The average Bonchev–Trinajstić information content (AvgIpc) is 2.14. The van der Waals surface area contributed by atoms with Crippen LogP contribution in [0.15, 0.2) is 16.6 Å². The molecule has 84 valence electrons. The minimum absolute atomic E-state index is 0.202. The van der Waals surface area contributed by atoms with Crippen LogP contribution in [0.5, 0.6) is 0 Å². The largest absolute Gasteiger partial charge is 0.478 e. The third-order valence-corrected chi connectivity index (χ3v) is 2.46. The van der Waals surface area contributed by atoms with Gasteiger partial charge in [-0.15, -0.1) is 0 Å². The van der Waals surface area contributed by atoms with Gasteiger partial charge in [-0.25, -0.2) is 9.59 Å². The fourth-order valence-corrected chi connectivity index (χ4v) is 1.98. The lowest BCUT2D eigenvalue weighted by atomic mass is 10.0. The predicted molar refractivity (Wildman–Crippen MR) is 58.1 cm³/mol. The summed E-state index contributed by atoms with van der Waals surface area (Å²) in [4.78, 5) is 32.6. The van der Waals surface area contributed by atoms with Crippen LogP contribution in [-0.2, 0) is 4.79 Å². The molecule has 0 spiro atoms. The van der Waals surface area contributed by atoms with E-state index < -0.39 is 28.8 Å². The van der Waals surface area contributed by atoms with E-state index in [4.69, 9.17) is 21.8 Å². The zero-order valence-corrected chi connectivity index (χ0v) is 9.87. The van der Waals surface area contributed by atoms with Gasteiger partial charge in [0.1, 0.15) is 0 Å². The van der Waals surface area contributed by atoms with E-state index in [9.17, 15) is 14.4 Å². The van der Waals surface area contributed by atoms with Crippen molar-refractivity contribution in [3.63, 3.8) is 0 Å². The van der Waals surface area contributed by atoms with E-state index in [0.29, 0.717) is 4.47 Å². The van der Waals surface area contributed by atoms with E-state index in [1.54, 1.807) is 0 Å². The van der Waals surface area contributed by atoms with Gasteiger partial charge in [-0.3, -0.25) is 4.79 Å². The molecule has 0 aliphatic carbocycles. The Morgan fingerprint density at radius 2 is 1.75 bits per heavy atom. The standard InChI is InChI=1S/C9H4BrClO5/c10-3-1-4(7(12)9(15)16)6(8(13)14)5(11)2-3/h1-2H,(H,13,14)(H,15,16). The van der Waals surface area contributed by atoms with Crippen molar-refractivity contribution in [3.05, 3.63) is 32.8 Å². The fourth-order valence-electron chi connectivity index (χ4n) is 1.09. The van der Waals surface area contributed by atoms with Crippen molar-refractivity contribution in [1.82, 2.24) is 0 Å². The molecular weight excluding hydrogens is 303 g/mol. The van der Waals surface area contributed by atoms with Crippen LogP contribution in [0.25, 0.3) is 0 Å². The molecule has 0 radical (unpaired) electrons. The number of hydrogen-bond acceptors (Lipinski definition) is 3. The summed E-state index contributed by atoms with van der Waals surface area (Å²) in [6, 6.07) is 2.37. The SMILES string of the molecule is O=C(O)C(=O)c1cc(Br)cc(Cl)c1C(=O)O. The number of carbonyl (C=O) groups is 3. The van der Waals surface area contributed by atoms with Crippen LogP contribution in [0.3, 0.4) is 0 Å². The van der Waals surface area contributed by atoms with Gasteiger partial charge in [0.15, 0.2) is 0 Å². The lowest BCUT2D eigenvalue weighted by Gasteiger charge is -2.05. The number of benzene rings is 1. The quantitative estimate of drug-likeness (QED) is 0.659. The monoisotopic (exact) mass is 306 g/mol. The summed E-state index contributed by atoms with van der Waals surface area (Å²) in [5.74, 6) is -4.51. The van der Waals surface area contributed by atoms with Crippen molar-refractivity contribution in [2.24, 2.45) is 0 Å². The van der Waals surface area contributed by atoms with Crippen molar-refractivity contribution in [3.8, 4) is 0 Å². The molecule has 0 saturated carbocycles. The number of aromatic carboxylic acids is 1. The number of halogens is 2. The Labute approximate surface area is 103 Å². The predicted octanol–water partition coefficient (Wildman–Crippen LogP) is 2.07. The van der Waals surface area contributed by atoms with Gasteiger partial charge in [-0.1, -0.05) is 27.5 Å². The van der Waals surface area contributed by atoms with Crippen LogP contribution in [0.4, 0.5) is 0 Å². The highest BCUT2D eigenvalue weighted by Crippen LogP contribution is 2.26. The molecule has 0 amide bonds. The fraction of sp³-hybridized carbons (Fsp3) is 0. The Balaban J connectivity index is 3.53. The molecule has 0 heterocycles. The van der Waals surface area contributed by atoms with E-state index in [1.165, 1.54) is 6.07 Å². The maximum atomic E-state index is 11.2. The van der Waals surface area contributed by atoms with Gasteiger partial charge in [0.25, 0.3) is 5.78 Å². The van der Waals surface area contributed by atoms with Crippen LogP contribution in [-0.4, -0.2) is 27.9 Å². The van der Waals surface area contributed by atoms with Crippen molar-refractivity contribution < 1.29 is 24.6 Å². The lowest BCUT2D eigenvalue weighted by Crippen LogP contribution is -2.17. The van der Waals surface area contributed by atoms with Crippen molar-refractivity contribution in [1.29, 1.82) is 0 Å². The normalized spacial score (nSPS) is 9.88. The highest BCUT2D eigenvalue weighted by Gasteiger charge is 2.24. The van der Waals surface area contributed by atoms with Gasteiger partial charge in [-0.2, -0.15) is 0 Å². The first-order chi connectivity index (χ1) is 7.34. The number of Topliss-reactive ketones (excluding diaryl/α,β-unsaturated/α-hetero) is 1. The van der Waals surface area contributed by atoms with Gasteiger partial charge in [0, 0.05) is 10.0 Å². The van der Waals surface area contributed by atoms with E-state index >= 15 is 0 Å². The van der Waals surface area contributed by atoms with Gasteiger partial charge in [0.05, 0.1) is 10.6 Å². The Morgan fingerprint density at radius 1 is 1.19 bits per heavy atom. The van der Waals surface area contributed by atoms with E-state index in [2.05, 4.69) is 15.9 Å². The topological polar surface area (TPSA) is 91.7 Å². The molecular formula is C9H4BrClO5. The average molecular weight is 307 g/mol. The summed E-state index contributed by atoms with van der Waals surface area (Å²) < 4.78 is 0.326. The molecule has 0 bridgehead atoms. The molecule has 0 atom stereocenters. The molecule has 5 nitrogen and oxygen atoms in total. The smallest absolute Gasteiger partial charge is 0.377 e. The number of carboxylic acid groups (broad SMARTS) is 2. The molecule has 1 aromatic carbocycles. The molecule has 0 aliphatic rings. The van der Waals surface area contributed by atoms with Crippen LogP contribution in [0.1, 0.15) is 20.7 Å². The highest BCUT2D eigenvalue weighted by atomic mass is 79.9. The zero-order chi connectivity index (χ0) is 12.5. The van der Waals surface area contributed by atoms with Crippen LogP contribution in [0, 0.1) is 0 Å². The summed E-state index contributed by atoms with van der Waals surface area (Å²) >= 11 is 8.61. The molecule has 0 unspecified atom stereocenters. The molecule has 1 rings (SSSR count). The first kappa shape index (κ1) is 12.7. The number of hydrogen-bond donors (Lipinski definition) is 2. The minimum Gasteiger partial charge on any atom is -0.478 e. The van der Waals surface area contributed by atoms with Crippen molar-refractivity contribution in [2.45, 2.75) is 0 Å². The number of carboxylic acids is 2. The zero-order valence-electron chi connectivity index (χ0n) is 7.53. The summed E-state index contributed by atoms with van der Waals surface area (Å²) in [5.41, 5.74) is -0.975. The molecule has 0 aromatic heterocycles. The molecule has 0 saturated heterocycles. The molecule has 0 aliphatic heterocycles. The van der Waals surface area contributed by atoms with Gasteiger partial charge < -0.3 is 10.2 Å². The van der Waals surface area contributed by atoms with E-state index in [0.717, 1.165) is 6.07 Å². The van der Waals surface area contributed by atoms with Gasteiger partial charge in [-0.05, 0) is 12.1 Å². The lowest BCUT2D eigenvalue weighted by molar-refractivity contribution is -0.131. The summed E-state index contributed by atoms with van der Waals surface area (Å²) in [7, 11) is 0. The molecule has 16 heavy (non-hydrogen) atoms. The number of aliphatic carboxylic acids is 1. The second kappa shape index (κ2) is 4.63. The van der Waals surface area contributed by atoms with Gasteiger partial charge >= 0.3 is 11.9 Å².